The van der Waals surface area contributed by atoms with Gasteiger partial charge in [-0.25, -0.2) is 31.9 Å². The molecule has 1 saturated heterocycles. The second kappa shape index (κ2) is 8.67. The summed E-state index contributed by atoms with van der Waals surface area (Å²) in [6.45, 7) is 3.91. The van der Waals surface area contributed by atoms with Crippen molar-refractivity contribution in [1.29, 1.82) is 0 Å². The lowest BCUT2D eigenvalue weighted by Gasteiger charge is -2.57. The molecule has 1 spiro atoms. The van der Waals surface area contributed by atoms with Crippen molar-refractivity contribution in [3.63, 3.8) is 0 Å². The number of hydrogen-bond acceptors (Lipinski definition) is 9. The number of carbonyl (C=O) groups excluding carboxylic acids is 1. The summed E-state index contributed by atoms with van der Waals surface area (Å²) in [6.07, 6.45) is 4.45. The van der Waals surface area contributed by atoms with E-state index in [9.17, 15) is 13.2 Å². The number of nitrogens with zero attached hydrogens (tertiary/aromatic N) is 3. The molecule has 3 aliphatic rings. The number of benzene rings is 1. The van der Waals surface area contributed by atoms with Crippen molar-refractivity contribution in [3.8, 4) is 17.0 Å². The van der Waals surface area contributed by atoms with E-state index in [0.29, 0.717) is 61.3 Å². The number of pyridine rings is 2. The van der Waals surface area contributed by atoms with Crippen molar-refractivity contribution in [2.45, 2.75) is 25.9 Å². The third kappa shape index (κ3) is 4.15. The van der Waals surface area contributed by atoms with Crippen LogP contribution in [0.15, 0.2) is 24.5 Å². The van der Waals surface area contributed by atoms with Gasteiger partial charge in [-0.2, -0.15) is 0 Å². The predicted molar refractivity (Wildman–Crippen MR) is 140 cm³/mol. The molecule has 4 N–H and O–H groups in total. The van der Waals surface area contributed by atoms with Crippen LogP contribution in [0.4, 0.5) is 26.4 Å². The van der Waals surface area contributed by atoms with Crippen LogP contribution in [-0.2, 0) is 14.8 Å². The zero-order valence-electron chi connectivity index (χ0n) is 20.9. The van der Waals surface area contributed by atoms with E-state index >= 15 is 4.39 Å². The van der Waals surface area contributed by atoms with Crippen LogP contribution in [0.1, 0.15) is 18.4 Å². The van der Waals surface area contributed by atoms with Gasteiger partial charge in [0.25, 0.3) is 0 Å². The van der Waals surface area contributed by atoms with E-state index in [1.54, 1.807) is 18.3 Å². The van der Waals surface area contributed by atoms with Crippen LogP contribution in [0.2, 0.25) is 0 Å². The largest absolute Gasteiger partial charge is 0.474 e. The van der Waals surface area contributed by atoms with Gasteiger partial charge in [0.15, 0.2) is 5.82 Å². The highest BCUT2D eigenvalue weighted by atomic mass is 32.2. The van der Waals surface area contributed by atoms with E-state index in [0.717, 1.165) is 11.3 Å². The van der Waals surface area contributed by atoms with Gasteiger partial charge in [-0.05, 0) is 42.8 Å². The van der Waals surface area contributed by atoms with Gasteiger partial charge < -0.3 is 20.5 Å². The van der Waals surface area contributed by atoms with Gasteiger partial charge in [-0.1, -0.05) is 0 Å². The zero-order valence-corrected chi connectivity index (χ0v) is 21.7. The van der Waals surface area contributed by atoms with Crippen molar-refractivity contribution < 1.29 is 27.1 Å². The Hall–Kier alpha value is -3.71. The smallest absolute Gasteiger partial charge is 0.413 e. The highest BCUT2D eigenvalue weighted by molar-refractivity contribution is 7.88. The van der Waals surface area contributed by atoms with Gasteiger partial charge in [-0.15, -0.1) is 0 Å². The Labute approximate surface area is 218 Å². The number of nitrogen functional groups attached to an aromatic ring is 1. The summed E-state index contributed by atoms with van der Waals surface area (Å²) < 4.78 is 51.0. The van der Waals surface area contributed by atoms with Crippen LogP contribution in [0.5, 0.6) is 5.88 Å². The molecule has 11 nitrogen and oxygen atoms in total. The fourth-order valence-corrected chi connectivity index (χ4v) is 6.54. The molecule has 0 radical (unpaired) electrons. The third-order valence-electron chi connectivity index (χ3n) is 7.55. The minimum Gasteiger partial charge on any atom is -0.474 e. The molecule has 2 fully saturated rings. The molecule has 1 saturated carbocycles. The molecule has 1 aromatic carbocycles. The van der Waals surface area contributed by atoms with Gasteiger partial charge in [0.1, 0.15) is 24.2 Å². The Morgan fingerprint density at radius 1 is 1.26 bits per heavy atom. The van der Waals surface area contributed by atoms with Crippen molar-refractivity contribution in [2.75, 3.05) is 48.9 Å². The summed E-state index contributed by atoms with van der Waals surface area (Å²) in [4.78, 5) is 21.0. The molecular formula is C25H27FN6O5S. The molecule has 4 heterocycles. The van der Waals surface area contributed by atoms with E-state index in [4.69, 9.17) is 15.2 Å². The van der Waals surface area contributed by atoms with Crippen molar-refractivity contribution in [3.05, 3.63) is 35.9 Å². The summed E-state index contributed by atoms with van der Waals surface area (Å²) in [5.74, 6) is 0.129. The Morgan fingerprint density at radius 2 is 2.03 bits per heavy atom. The SMILES string of the molecule is Cc1c(-c2cc3cc(NC(=O)OC4CC5(C4)CN(S(C)(=O)=O)C5)ncc3c(N)c2F)cnc2c1NCCO2. The Balaban J connectivity index is 1.18. The fraction of sp³-hybridized carbons (Fsp3) is 0.400. The summed E-state index contributed by atoms with van der Waals surface area (Å²) >= 11 is 0. The number of nitrogens with one attached hydrogen (secondary N) is 2. The highest BCUT2D eigenvalue weighted by Crippen LogP contribution is 2.50. The number of hydrogen-bond donors (Lipinski definition) is 3. The molecule has 2 aliphatic heterocycles. The van der Waals surface area contributed by atoms with E-state index in [-0.39, 0.29) is 28.6 Å². The Kier molecular flexibility index (Phi) is 5.61. The standard InChI is InChI=1S/C25H27FN6O5S/c1-13-17(9-30-23-22(13)28-3-4-36-23)16-5-14-6-19(29-10-18(14)21(27)20(16)26)31-24(33)37-15-7-25(8-15)11-32(12-25)38(2,34)35/h5-6,9-10,15,28H,3-4,7-8,11-12,27H2,1-2H3,(H,29,31,33). The molecule has 1 amide bonds. The minimum absolute atomic E-state index is 0.0520. The second-order valence-electron chi connectivity index (χ2n) is 10.3. The molecule has 38 heavy (non-hydrogen) atoms. The minimum atomic E-state index is -3.19. The van der Waals surface area contributed by atoms with Crippen LogP contribution < -0.4 is 21.1 Å². The number of sulfonamides is 1. The van der Waals surface area contributed by atoms with Crippen LogP contribution in [0.3, 0.4) is 0 Å². The number of aromatic nitrogens is 2. The zero-order chi connectivity index (χ0) is 26.8. The predicted octanol–water partition coefficient (Wildman–Crippen LogP) is 3.10. The average Bonchev–Trinajstić information content (AvgIpc) is 2.82. The summed E-state index contributed by atoms with van der Waals surface area (Å²) in [6, 6.07) is 3.26. The number of amides is 1. The molecule has 13 heteroatoms. The van der Waals surface area contributed by atoms with E-state index < -0.39 is 21.9 Å². The molecule has 1 aliphatic carbocycles. The maximum absolute atomic E-state index is 15.4. The summed E-state index contributed by atoms with van der Waals surface area (Å²) in [5, 5.41) is 6.87. The van der Waals surface area contributed by atoms with Crippen LogP contribution in [0.25, 0.3) is 21.9 Å². The molecule has 6 rings (SSSR count). The number of ether oxygens (including phenoxy) is 2. The average molecular weight is 543 g/mol. The lowest BCUT2D eigenvalue weighted by Crippen LogP contribution is -2.65. The number of nitrogens with two attached hydrogens (primary N) is 1. The maximum Gasteiger partial charge on any atom is 0.413 e. The van der Waals surface area contributed by atoms with E-state index in [1.165, 1.54) is 16.8 Å². The first-order valence-electron chi connectivity index (χ1n) is 12.2. The topological polar surface area (TPSA) is 149 Å². The first kappa shape index (κ1) is 24.6. The fourth-order valence-electron chi connectivity index (χ4n) is 5.52. The first-order valence-corrected chi connectivity index (χ1v) is 14.0. The molecule has 0 bridgehead atoms. The normalized spacial score (nSPS) is 18.6. The van der Waals surface area contributed by atoms with Crippen LogP contribution in [-0.4, -0.2) is 67.4 Å². The number of carbonyl (C=O) groups is 1. The van der Waals surface area contributed by atoms with Gasteiger partial charge in [-0.3, -0.25) is 5.32 Å². The lowest BCUT2D eigenvalue weighted by atomic mass is 9.63. The lowest BCUT2D eigenvalue weighted by molar-refractivity contribution is -0.0990. The summed E-state index contributed by atoms with van der Waals surface area (Å²) in [7, 11) is -3.19. The van der Waals surface area contributed by atoms with Crippen LogP contribution in [0, 0.1) is 18.2 Å². The molecule has 0 unspecified atom stereocenters. The quantitative estimate of drug-likeness (QED) is 0.423. The molecule has 200 valence electrons. The van der Waals surface area contributed by atoms with Gasteiger partial charge >= 0.3 is 6.09 Å². The molecule has 0 atom stereocenters. The highest BCUT2D eigenvalue weighted by Gasteiger charge is 2.56. The number of fused-ring (bicyclic) bond motifs is 2. The van der Waals surface area contributed by atoms with Gasteiger partial charge in [0, 0.05) is 54.0 Å². The van der Waals surface area contributed by atoms with E-state index in [1.807, 2.05) is 6.92 Å². The van der Waals surface area contributed by atoms with E-state index in [2.05, 4.69) is 20.6 Å². The molecule has 2 aromatic heterocycles. The molecule has 3 aromatic rings. The number of anilines is 3. The Morgan fingerprint density at radius 3 is 2.76 bits per heavy atom. The monoisotopic (exact) mass is 542 g/mol. The van der Waals surface area contributed by atoms with Crippen molar-refractivity contribution in [2.24, 2.45) is 5.41 Å². The van der Waals surface area contributed by atoms with Crippen molar-refractivity contribution >= 4 is 44.1 Å². The van der Waals surface area contributed by atoms with Crippen molar-refractivity contribution in [1.82, 2.24) is 14.3 Å². The van der Waals surface area contributed by atoms with Gasteiger partial charge in [0.05, 0.1) is 11.9 Å². The summed E-state index contributed by atoms with van der Waals surface area (Å²) in [5.41, 5.74) is 8.34. The maximum atomic E-state index is 15.4. The second-order valence-corrected chi connectivity index (χ2v) is 12.3. The first-order chi connectivity index (χ1) is 18.0. The van der Waals surface area contributed by atoms with Gasteiger partial charge in [0.2, 0.25) is 15.9 Å². The number of rotatable bonds is 4. The Bertz CT molecular complexity index is 1580. The molecular weight excluding hydrogens is 515 g/mol. The third-order valence-corrected chi connectivity index (χ3v) is 8.75. The number of halogens is 1. The van der Waals surface area contributed by atoms with Crippen LogP contribution >= 0.6 is 0 Å².